The van der Waals surface area contributed by atoms with Gasteiger partial charge in [0.1, 0.15) is 0 Å². The van der Waals surface area contributed by atoms with Crippen LogP contribution >= 0.6 is 0 Å². The van der Waals surface area contributed by atoms with Crippen LogP contribution in [0.5, 0.6) is 0 Å². The first-order chi connectivity index (χ1) is 11.7. The lowest BCUT2D eigenvalue weighted by molar-refractivity contribution is -0.137. The minimum absolute atomic E-state index is 0.0817. The monoisotopic (exact) mass is 324 g/mol. The second-order valence-electron chi connectivity index (χ2n) is 5.64. The quantitative estimate of drug-likeness (QED) is 0.850. The summed E-state index contributed by atoms with van der Waals surface area (Å²) in [6.07, 6.45) is 1.74. The van der Waals surface area contributed by atoms with Crippen molar-refractivity contribution in [2.24, 2.45) is 0 Å². The molecule has 2 aromatic rings. The van der Waals surface area contributed by atoms with Crippen LogP contribution in [0, 0.1) is 0 Å². The molecule has 1 unspecified atom stereocenters. The van der Waals surface area contributed by atoms with Crippen molar-refractivity contribution in [2.75, 3.05) is 26.2 Å². The lowest BCUT2D eigenvalue weighted by atomic mass is 10.0. The Balaban J connectivity index is 1.71. The second kappa shape index (κ2) is 7.70. The van der Waals surface area contributed by atoms with E-state index in [1.807, 2.05) is 48.5 Å². The third kappa shape index (κ3) is 3.97. The molecule has 1 fully saturated rings. The highest BCUT2D eigenvalue weighted by Crippen LogP contribution is 2.19. The first kappa shape index (κ1) is 16.1. The SMILES string of the molecule is O=C1CN(C(=O)CNC(c2ccccc2)c2ccccn2)CCN1. The average Bonchev–Trinajstić information content (AvgIpc) is 2.63. The number of hydrogen-bond acceptors (Lipinski definition) is 4. The topological polar surface area (TPSA) is 74.3 Å². The number of nitrogens with zero attached hydrogens (tertiary/aromatic N) is 2. The molecule has 6 nitrogen and oxygen atoms in total. The van der Waals surface area contributed by atoms with E-state index in [1.54, 1.807) is 11.1 Å². The summed E-state index contributed by atoms with van der Waals surface area (Å²) in [6, 6.07) is 15.4. The van der Waals surface area contributed by atoms with Crippen molar-refractivity contribution in [1.29, 1.82) is 0 Å². The zero-order valence-electron chi connectivity index (χ0n) is 13.3. The Morgan fingerprint density at radius 2 is 2.00 bits per heavy atom. The lowest BCUT2D eigenvalue weighted by Gasteiger charge is -2.27. The van der Waals surface area contributed by atoms with Crippen molar-refractivity contribution < 1.29 is 9.59 Å². The number of rotatable bonds is 5. The normalized spacial score (nSPS) is 15.7. The Kier molecular flexibility index (Phi) is 5.18. The maximum absolute atomic E-state index is 12.4. The zero-order chi connectivity index (χ0) is 16.8. The Morgan fingerprint density at radius 3 is 2.71 bits per heavy atom. The van der Waals surface area contributed by atoms with Crippen molar-refractivity contribution in [1.82, 2.24) is 20.5 Å². The van der Waals surface area contributed by atoms with Crippen molar-refractivity contribution in [3.8, 4) is 0 Å². The smallest absolute Gasteiger partial charge is 0.239 e. The molecule has 124 valence electrons. The molecular formula is C18H20N4O2. The van der Waals surface area contributed by atoms with Crippen molar-refractivity contribution >= 4 is 11.8 Å². The van der Waals surface area contributed by atoms with Crippen LogP contribution in [0.4, 0.5) is 0 Å². The molecule has 1 aromatic heterocycles. The van der Waals surface area contributed by atoms with Crippen LogP contribution in [-0.2, 0) is 9.59 Å². The minimum atomic E-state index is -0.171. The summed E-state index contributed by atoms with van der Waals surface area (Å²) in [5.74, 6) is -0.194. The second-order valence-corrected chi connectivity index (χ2v) is 5.64. The van der Waals surface area contributed by atoms with Gasteiger partial charge >= 0.3 is 0 Å². The van der Waals surface area contributed by atoms with Gasteiger partial charge in [-0.1, -0.05) is 36.4 Å². The molecule has 2 amide bonds. The van der Waals surface area contributed by atoms with Gasteiger partial charge in [-0.15, -0.1) is 0 Å². The molecule has 2 N–H and O–H groups in total. The molecule has 1 aliphatic heterocycles. The van der Waals surface area contributed by atoms with Crippen LogP contribution in [0.15, 0.2) is 54.7 Å². The third-order valence-corrected chi connectivity index (χ3v) is 3.96. The van der Waals surface area contributed by atoms with Crippen molar-refractivity contribution in [2.45, 2.75) is 6.04 Å². The van der Waals surface area contributed by atoms with Crippen LogP contribution in [0.25, 0.3) is 0 Å². The number of carbonyl (C=O) groups is 2. The number of carbonyl (C=O) groups excluding carboxylic acids is 2. The molecule has 0 aliphatic carbocycles. The molecule has 1 saturated heterocycles. The van der Waals surface area contributed by atoms with Crippen LogP contribution in [0.3, 0.4) is 0 Å². The van der Waals surface area contributed by atoms with Gasteiger partial charge in [0.05, 0.1) is 24.8 Å². The number of amides is 2. The molecule has 6 heteroatoms. The Morgan fingerprint density at radius 1 is 1.21 bits per heavy atom. The highest BCUT2D eigenvalue weighted by atomic mass is 16.2. The lowest BCUT2D eigenvalue weighted by Crippen LogP contribution is -2.52. The molecule has 2 heterocycles. The number of piperazine rings is 1. The van der Waals surface area contributed by atoms with E-state index in [1.165, 1.54) is 0 Å². The van der Waals surface area contributed by atoms with Crippen LogP contribution in [0.1, 0.15) is 17.3 Å². The fourth-order valence-electron chi connectivity index (χ4n) is 2.74. The summed E-state index contributed by atoms with van der Waals surface area (Å²) in [5.41, 5.74) is 1.90. The van der Waals surface area contributed by atoms with Gasteiger partial charge in [0, 0.05) is 19.3 Å². The van der Waals surface area contributed by atoms with Gasteiger partial charge in [0.15, 0.2) is 0 Å². The van der Waals surface area contributed by atoms with Gasteiger partial charge < -0.3 is 10.2 Å². The Bertz CT molecular complexity index is 651. The molecule has 1 aromatic carbocycles. The molecular weight excluding hydrogens is 304 g/mol. The summed E-state index contributed by atoms with van der Waals surface area (Å²) < 4.78 is 0. The molecule has 1 atom stereocenters. The van der Waals surface area contributed by atoms with Gasteiger partial charge in [0.2, 0.25) is 11.8 Å². The molecule has 0 radical (unpaired) electrons. The molecule has 3 rings (SSSR count). The van der Waals surface area contributed by atoms with E-state index >= 15 is 0 Å². The largest absolute Gasteiger partial charge is 0.353 e. The Labute approximate surface area is 140 Å². The van der Waals surface area contributed by atoms with Crippen LogP contribution < -0.4 is 10.6 Å². The van der Waals surface area contributed by atoms with Gasteiger partial charge in [0.25, 0.3) is 0 Å². The first-order valence-corrected chi connectivity index (χ1v) is 7.98. The summed E-state index contributed by atoms with van der Waals surface area (Å²) in [5, 5.41) is 6.00. The average molecular weight is 324 g/mol. The standard InChI is InChI=1S/C18H20N4O2/c23-16-13-22(11-10-20-16)17(24)12-21-18(14-6-2-1-3-7-14)15-8-4-5-9-19-15/h1-9,18,21H,10-13H2,(H,20,23). The van der Waals surface area contributed by atoms with Gasteiger partial charge in [-0.25, -0.2) is 0 Å². The van der Waals surface area contributed by atoms with Crippen LogP contribution in [0.2, 0.25) is 0 Å². The Hall–Kier alpha value is -2.73. The van der Waals surface area contributed by atoms with Crippen molar-refractivity contribution in [3.63, 3.8) is 0 Å². The summed E-state index contributed by atoms with van der Waals surface area (Å²) in [6.45, 7) is 1.34. The third-order valence-electron chi connectivity index (χ3n) is 3.96. The maximum atomic E-state index is 12.4. The van der Waals surface area contributed by atoms with E-state index < -0.39 is 0 Å². The van der Waals surface area contributed by atoms with E-state index in [9.17, 15) is 9.59 Å². The zero-order valence-corrected chi connectivity index (χ0v) is 13.3. The number of nitrogens with one attached hydrogen (secondary N) is 2. The van der Waals surface area contributed by atoms with E-state index in [0.717, 1.165) is 11.3 Å². The highest BCUT2D eigenvalue weighted by Gasteiger charge is 2.22. The summed E-state index contributed by atoms with van der Waals surface area (Å²) >= 11 is 0. The molecule has 24 heavy (non-hydrogen) atoms. The predicted molar refractivity (Wildman–Crippen MR) is 90.1 cm³/mol. The van der Waals surface area contributed by atoms with E-state index in [-0.39, 0.29) is 30.9 Å². The van der Waals surface area contributed by atoms with Gasteiger partial charge in [-0.2, -0.15) is 0 Å². The van der Waals surface area contributed by atoms with Gasteiger partial charge in [-0.3, -0.25) is 19.9 Å². The minimum Gasteiger partial charge on any atom is -0.353 e. The molecule has 0 spiro atoms. The predicted octanol–water partition coefficient (Wildman–Crippen LogP) is 0.719. The molecule has 0 saturated carbocycles. The van der Waals surface area contributed by atoms with Gasteiger partial charge in [-0.05, 0) is 17.7 Å². The van der Waals surface area contributed by atoms with E-state index in [2.05, 4.69) is 15.6 Å². The van der Waals surface area contributed by atoms with Crippen LogP contribution in [-0.4, -0.2) is 47.9 Å². The number of pyridine rings is 1. The maximum Gasteiger partial charge on any atom is 0.239 e. The fourth-order valence-corrected chi connectivity index (χ4v) is 2.74. The number of benzene rings is 1. The summed E-state index contributed by atoms with van der Waals surface area (Å²) in [4.78, 5) is 29.8. The van der Waals surface area contributed by atoms with Crippen molar-refractivity contribution in [3.05, 3.63) is 66.0 Å². The number of hydrogen-bond donors (Lipinski definition) is 2. The van der Waals surface area contributed by atoms with E-state index in [4.69, 9.17) is 0 Å². The number of aromatic nitrogens is 1. The van der Waals surface area contributed by atoms with E-state index in [0.29, 0.717) is 13.1 Å². The first-order valence-electron chi connectivity index (χ1n) is 7.98. The molecule has 0 bridgehead atoms. The fraction of sp³-hybridized carbons (Fsp3) is 0.278. The summed E-state index contributed by atoms with van der Waals surface area (Å²) in [7, 11) is 0. The molecule has 1 aliphatic rings. The highest BCUT2D eigenvalue weighted by molar-refractivity contribution is 5.86.